The smallest absolute Gasteiger partial charge is 0.227 e. The van der Waals surface area contributed by atoms with Crippen LogP contribution in [0, 0.1) is 6.92 Å². The molecule has 0 aliphatic heterocycles. The summed E-state index contributed by atoms with van der Waals surface area (Å²) in [5.74, 6) is 0. The summed E-state index contributed by atoms with van der Waals surface area (Å²) in [6.45, 7) is 2.09. The number of methoxy groups -OCH3 is 1. The predicted octanol–water partition coefficient (Wildman–Crippen LogP) is 2.45. The Morgan fingerprint density at radius 2 is 2.22 bits per heavy atom. The topological polar surface area (TPSA) is 75.6 Å². The van der Waals surface area contributed by atoms with E-state index < -0.39 is 0 Å². The highest BCUT2D eigenvalue weighted by molar-refractivity contribution is 6.03. The van der Waals surface area contributed by atoms with Gasteiger partial charge < -0.3 is 4.74 Å². The first-order chi connectivity index (χ1) is 11.2. The number of ether oxygens (including phenoxy) is 1. The van der Waals surface area contributed by atoms with E-state index in [0.717, 1.165) is 11.1 Å². The maximum Gasteiger partial charge on any atom is 0.227 e. The molecule has 23 heavy (non-hydrogen) atoms. The van der Waals surface area contributed by atoms with Gasteiger partial charge in [0.15, 0.2) is 0 Å². The molecule has 1 amide bonds. The standard InChI is InChI=1S/C16H17FN4O2/c1-11-8-18-6-5-13(11)14-4-3-12(7-15(14)20-17)16(9-23-2)21-19-10-22/h3-8,10,20H,9H2,1-2H3,(H,19,22)/b21-16+. The summed E-state index contributed by atoms with van der Waals surface area (Å²) in [6, 6.07) is 7.01. The Kier molecular flexibility index (Phi) is 5.76. The van der Waals surface area contributed by atoms with Gasteiger partial charge >= 0.3 is 0 Å². The number of pyridine rings is 1. The van der Waals surface area contributed by atoms with Crippen molar-refractivity contribution in [1.82, 2.24) is 10.4 Å². The van der Waals surface area contributed by atoms with Crippen LogP contribution in [0.3, 0.4) is 0 Å². The molecule has 120 valence electrons. The van der Waals surface area contributed by atoms with Crippen molar-refractivity contribution in [2.75, 3.05) is 19.3 Å². The van der Waals surface area contributed by atoms with Gasteiger partial charge in [-0.1, -0.05) is 12.1 Å². The lowest BCUT2D eigenvalue weighted by molar-refractivity contribution is -0.109. The largest absolute Gasteiger partial charge is 0.378 e. The monoisotopic (exact) mass is 316 g/mol. The SMILES string of the molecule is COC/C(=N\NC=O)c1ccc(-c2ccncc2C)c(NF)c1. The lowest BCUT2D eigenvalue weighted by Gasteiger charge is -2.12. The van der Waals surface area contributed by atoms with Crippen molar-refractivity contribution in [3.8, 4) is 11.1 Å². The molecule has 0 aliphatic rings. The van der Waals surface area contributed by atoms with E-state index in [1.807, 2.05) is 13.0 Å². The molecule has 0 bridgehead atoms. The first-order valence-corrected chi connectivity index (χ1v) is 6.88. The van der Waals surface area contributed by atoms with Crippen molar-refractivity contribution in [2.45, 2.75) is 6.92 Å². The van der Waals surface area contributed by atoms with E-state index in [0.29, 0.717) is 28.9 Å². The van der Waals surface area contributed by atoms with Crippen LogP contribution in [-0.2, 0) is 9.53 Å². The van der Waals surface area contributed by atoms with Gasteiger partial charge in [-0.15, -0.1) is 4.48 Å². The second-order valence-corrected chi connectivity index (χ2v) is 4.78. The Hall–Kier alpha value is -2.80. The highest BCUT2D eigenvalue weighted by Crippen LogP contribution is 2.31. The van der Waals surface area contributed by atoms with Gasteiger partial charge in [-0.3, -0.25) is 9.78 Å². The Morgan fingerprint density at radius 3 is 2.87 bits per heavy atom. The number of aryl methyl sites for hydroxylation is 1. The summed E-state index contributed by atoms with van der Waals surface area (Å²) in [7, 11) is 1.51. The number of benzene rings is 1. The molecule has 0 unspecified atom stereocenters. The second-order valence-electron chi connectivity index (χ2n) is 4.78. The van der Waals surface area contributed by atoms with Crippen LogP contribution in [0.4, 0.5) is 10.2 Å². The molecular formula is C16H17FN4O2. The summed E-state index contributed by atoms with van der Waals surface area (Å²) in [4.78, 5) is 14.4. The van der Waals surface area contributed by atoms with E-state index in [9.17, 15) is 9.28 Å². The van der Waals surface area contributed by atoms with Gasteiger partial charge in [-0.25, -0.2) is 11.0 Å². The number of hydrogen-bond acceptors (Lipinski definition) is 5. The van der Waals surface area contributed by atoms with Crippen molar-refractivity contribution in [3.63, 3.8) is 0 Å². The van der Waals surface area contributed by atoms with Crippen LogP contribution in [0.5, 0.6) is 0 Å². The number of nitrogens with one attached hydrogen (secondary N) is 2. The molecule has 2 aromatic rings. The number of carbonyl (C=O) groups is 1. The van der Waals surface area contributed by atoms with Crippen molar-refractivity contribution < 1.29 is 14.0 Å². The van der Waals surface area contributed by atoms with Gasteiger partial charge in [-0.2, -0.15) is 5.10 Å². The molecule has 0 fully saturated rings. The van der Waals surface area contributed by atoms with Crippen LogP contribution in [0.2, 0.25) is 0 Å². The third-order valence-corrected chi connectivity index (χ3v) is 3.30. The summed E-state index contributed by atoms with van der Waals surface area (Å²) in [6.07, 6.45) is 3.83. The summed E-state index contributed by atoms with van der Waals surface area (Å²) < 4.78 is 18.3. The van der Waals surface area contributed by atoms with Crippen LogP contribution in [0.25, 0.3) is 11.1 Å². The van der Waals surface area contributed by atoms with Crippen LogP contribution in [0.1, 0.15) is 11.1 Å². The normalized spacial score (nSPS) is 11.2. The van der Waals surface area contributed by atoms with Crippen molar-refractivity contribution in [3.05, 3.63) is 47.8 Å². The van der Waals surface area contributed by atoms with Crippen molar-refractivity contribution in [1.29, 1.82) is 0 Å². The molecule has 2 N–H and O–H groups in total. The Morgan fingerprint density at radius 1 is 1.39 bits per heavy atom. The number of aromatic nitrogens is 1. The first-order valence-electron chi connectivity index (χ1n) is 6.88. The lowest BCUT2D eigenvalue weighted by atomic mass is 9.98. The van der Waals surface area contributed by atoms with Gasteiger partial charge in [-0.05, 0) is 30.2 Å². The molecule has 1 aromatic heterocycles. The molecule has 0 aliphatic carbocycles. The van der Waals surface area contributed by atoms with Gasteiger partial charge in [0.1, 0.15) is 0 Å². The quantitative estimate of drug-likeness (QED) is 0.356. The third-order valence-electron chi connectivity index (χ3n) is 3.30. The lowest BCUT2D eigenvalue weighted by Crippen LogP contribution is -2.15. The number of carbonyl (C=O) groups excluding carboxylic acids is 1. The van der Waals surface area contributed by atoms with E-state index in [1.165, 1.54) is 7.11 Å². The molecule has 2 rings (SSSR count). The van der Waals surface area contributed by atoms with E-state index in [-0.39, 0.29) is 6.61 Å². The number of hydrazone groups is 1. The van der Waals surface area contributed by atoms with Gasteiger partial charge in [0.2, 0.25) is 6.41 Å². The Bertz CT molecular complexity index is 719. The van der Waals surface area contributed by atoms with Gasteiger partial charge in [0.25, 0.3) is 0 Å². The van der Waals surface area contributed by atoms with Gasteiger partial charge in [0.05, 0.1) is 18.0 Å². The number of halogens is 1. The summed E-state index contributed by atoms with van der Waals surface area (Å²) in [5, 5.41) is 3.91. The van der Waals surface area contributed by atoms with Crippen molar-refractivity contribution in [2.24, 2.45) is 5.10 Å². The molecule has 0 radical (unpaired) electrons. The summed E-state index contributed by atoms with van der Waals surface area (Å²) >= 11 is 0. The number of anilines is 1. The molecule has 1 heterocycles. The minimum Gasteiger partial charge on any atom is -0.378 e. The van der Waals surface area contributed by atoms with Crippen LogP contribution in [-0.4, -0.2) is 30.8 Å². The molecule has 0 saturated carbocycles. The minimum atomic E-state index is 0.181. The van der Waals surface area contributed by atoms with Gasteiger partial charge in [0, 0.05) is 30.6 Å². The average molecular weight is 316 g/mol. The molecule has 0 atom stereocenters. The highest BCUT2D eigenvalue weighted by Gasteiger charge is 2.12. The second kappa shape index (κ2) is 8.00. The van der Waals surface area contributed by atoms with Crippen LogP contribution >= 0.6 is 0 Å². The predicted molar refractivity (Wildman–Crippen MR) is 86.8 cm³/mol. The highest BCUT2D eigenvalue weighted by atomic mass is 19.2. The number of amides is 1. The maximum absolute atomic E-state index is 13.3. The van der Waals surface area contributed by atoms with E-state index in [4.69, 9.17) is 4.74 Å². The third kappa shape index (κ3) is 3.89. The zero-order chi connectivity index (χ0) is 16.7. The minimum absolute atomic E-state index is 0.181. The maximum atomic E-state index is 13.3. The van der Waals surface area contributed by atoms with Crippen LogP contribution in [0.15, 0.2) is 41.8 Å². The summed E-state index contributed by atoms with van der Waals surface area (Å²) in [5.41, 5.74) is 7.87. The van der Waals surface area contributed by atoms with E-state index >= 15 is 0 Å². The Balaban J connectivity index is 2.47. The fourth-order valence-electron chi connectivity index (χ4n) is 2.23. The molecule has 0 saturated heterocycles. The first kappa shape index (κ1) is 16.6. The molecule has 1 aromatic carbocycles. The fourth-order valence-corrected chi connectivity index (χ4v) is 2.23. The van der Waals surface area contributed by atoms with Crippen molar-refractivity contribution >= 4 is 17.8 Å². The van der Waals surface area contributed by atoms with E-state index in [1.54, 1.807) is 36.1 Å². The molecular weight excluding hydrogens is 299 g/mol. The van der Waals surface area contributed by atoms with Crippen LogP contribution < -0.4 is 11.0 Å². The number of nitrogens with zero attached hydrogens (tertiary/aromatic N) is 2. The average Bonchev–Trinajstić information content (AvgIpc) is 2.58. The fraction of sp³-hybridized carbons (Fsp3) is 0.188. The number of rotatable bonds is 7. The zero-order valence-corrected chi connectivity index (χ0v) is 12.8. The van der Waals surface area contributed by atoms with E-state index in [2.05, 4.69) is 15.5 Å². The molecule has 7 heteroatoms. The molecule has 6 nitrogen and oxygen atoms in total. The number of hydrogen-bond donors (Lipinski definition) is 2. The Labute approximate surface area is 133 Å². The zero-order valence-electron chi connectivity index (χ0n) is 12.8. The molecule has 0 spiro atoms.